The van der Waals surface area contributed by atoms with Crippen LogP contribution in [0.4, 0.5) is 0 Å². The summed E-state index contributed by atoms with van der Waals surface area (Å²) in [6.07, 6.45) is 2.74. The standard InChI is InChI=1S/C22H28N4O6/c27-21(28)15-31-18-5-7-25(8-6-18)22(29)20-13-19(24-32-20)17-3-1-16(2-4-17)14-23-26-9-11-30-12-10-26/h1-4,14,18,20H,5-13,15H2,(H,27,28)/b23-14+. The molecule has 0 aromatic heterocycles. The molecule has 10 nitrogen and oxygen atoms in total. The number of likely N-dealkylation sites (tertiary alicyclic amines) is 1. The summed E-state index contributed by atoms with van der Waals surface area (Å²) in [6, 6.07) is 7.86. The number of ether oxygens (including phenoxy) is 2. The SMILES string of the molecule is O=C(O)COC1CCN(C(=O)C2CC(c3ccc(/C=N/N4CCOCC4)cc3)=NO2)CC1. The lowest BCUT2D eigenvalue weighted by Gasteiger charge is -2.32. The van der Waals surface area contributed by atoms with E-state index in [1.165, 1.54) is 0 Å². The maximum absolute atomic E-state index is 12.8. The molecule has 3 heterocycles. The molecule has 3 aliphatic heterocycles. The molecule has 0 spiro atoms. The van der Waals surface area contributed by atoms with Crippen LogP contribution >= 0.6 is 0 Å². The highest BCUT2D eigenvalue weighted by Gasteiger charge is 2.34. The Balaban J connectivity index is 1.24. The number of benzene rings is 1. The number of hydrogen-bond donors (Lipinski definition) is 1. The van der Waals surface area contributed by atoms with Crippen molar-refractivity contribution in [1.29, 1.82) is 0 Å². The Morgan fingerprint density at radius 1 is 1.16 bits per heavy atom. The maximum Gasteiger partial charge on any atom is 0.329 e. The highest BCUT2D eigenvalue weighted by atomic mass is 16.6. The zero-order valence-electron chi connectivity index (χ0n) is 17.9. The van der Waals surface area contributed by atoms with E-state index < -0.39 is 12.1 Å². The van der Waals surface area contributed by atoms with E-state index in [-0.39, 0.29) is 18.6 Å². The van der Waals surface area contributed by atoms with Crippen molar-refractivity contribution >= 4 is 23.8 Å². The molecule has 2 saturated heterocycles. The molecular formula is C22H28N4O6. The fourth-order valence-electron chi connectivity index (χ4n) is 3.90. The first-order valence-electron chi connectivity index (χ1n) is 10.9. The van der Waals surface area contributed by atoms with E-state index in [9.17, 15) is 9.59 Å². The molecule has 0 aliphatic carbocycles. The molecule has 172 valence electrons. The van der Waals surface area contributed by atoms with Gasteiger partial charge in [0.05, 0.1) is 44.3 Å². The number of carbonyl (C=O) groups is 2. The molecule has 32 heavy (non-hydrogen) atoms. The van der Waals surface area contributed by atoms with Gasteiger partial charge in [-0.05, 0) is 24.0 Å². The topological polar surface area (TPSA) is 113 Å². The lowest BCUT2D eigenvalue weighted by atomic mass is 10.0. The van der Waals surface area contributed by atoms with E-state index >= 15 is 0 Å². The highest BCUT2D eigenvalue weighted by Crippen LogP contribution is 2.21. The number of aliphatic carboxylic acids is 1. The van der Waals surface area contributed by atoms with Crippen molar-refractivity contribution in [2.75, 3.05) is 46.0 Å². The van der Waals surface area contributed by atoms with E-state index in [2.05, 4.69) is 10.3 Å². The van der Waals surface area contributed by atoms with Crippen LogP contribution in [0.15, 0.2) is 34.5 Å². The molecule has 0 radical (unpaired) electrons. The van der Waals surface area contributed by atoms with Crippen LogP contribution in [0.3, 0.4) is 0 Å². The van der Waals surface area contributed by atoms with Gasteiger partial charge in [0, 0.05) is 19.5 Å². The summed E-state index contributed by atoms with van der Waals surface area (Å²) < 4.78 is 10.6. The number of hydrogen-bond acceptors (Lipinski definition) is 8. The van der Waals surface area contributed by atoms with Crippen molar-refractivity contribution in [3.8, 4) is 0 Å². The predicted octanol–water partition coefficient (Wildman–Crippen LogP) is 0.938. The highest BCUT2D eigenvalue weighted by molar-refractivity contribution is 6.04. The Morgan fingerprint density at radius 2 is 1.88 bits per heavy atom. The van der Waals surface area contributed by atoms with Crippen LogP contribution in [0, 0.1) is 0 Å². The molecule has 1 N–H and O–H groups in total. The zero-order valence-corrected chi connectivity index (χ0v) is 17.9. The molecule has 0 bridgehead atoms. The van der Waals surface area contributed by atoms with E-state index in [4.69, 9.17) is 19.4 Å². The van der Waals surface area contributed by atoms with Crippen LogP contribution in [-0.2, 0) is 23.9 Å². The Labute approximate surface area is 186 Å². The third kappa shape index (κ3) is 5.83. The van der Waals surface area contributed by atoms with Gasteiger partial charge in [-0.2, -0.15) is 5.10 Å². The summed E-state index contributed by atoms with van der Waals surface area (Å²) in [4.78, 5) is 30.6. The lowest BCUT2D eigenvalue weighted by Crippen LogP contribution is -2.45. The largest absolute Gasteiger partial charge is 0.480 e. The number of amides is 1. The van der Waals surface area contributed by atoms with Gasteiger partial charge < -0.3 is 24.3 Å². The van der Waals surface area contributed by atoms with Crippen LogP contribution in [0.1, 0.15) is 30.4 Å². The number of carboxylic acids is 1. The minimum atomic E-state index is -0.982. The van der Waals surface area contributed by atoms with Crippen molar-refractivity contribution in [2.24, 2.45) is 10.3 Å². The number of hydrazone groups is 1. The number of piperidine rings is 1. The maximum atomic E-state index is 12.8. The van der Waals surface area contributed by atoms with Crippen LogP contribution in [-0.4, -0.2) is 97.0 Å². The van der Waals surface area contributed by atoms with Gasteiger partial charge in [0.2, 0.25) is 6.10 Å². The first-order chi connectivity index (χ1) is 15.6. The summed E-state index contributed by atoms with van der Waals surface area (Å²) >= 11 is 0. The van der Waals surface area contributed by atoms with E-state index in [1.807, 2.05) is 35.5 Å². The molecule has 1 amide bonds. The van der Waals surface area contributed by atoms with Gasteiger partial charge >= 0.3 is 5.97 Å². The first-order valence-corrected chi connectivity index (χ1v) is 10.9. The third-order valence-corrected chi connectivity index (χ3v) is 5.74. The van der Waals surface area contributed by atoms with Gasteiger partial charge in [0.1, 0.15) is 6.61 Å². The molecule has 3 aliphatic rings. The summed E-state index contributed by atoms with van der Waals surface area (Å²) in [5.41, 5.74) is 2.66. The molecule has 0 saturated carbocycles. The van der Waals surface area contributed by atoms with Crippen LogP contribution in [0.25, 0.3) is 0 Å². The molecule has 1 aromatic carbocycles. The van der Waals surface area contributed by atoms with E-state index in [0.29, 0.717) is 45.6 Å². The van der Waals surface area contributed by atoms with Gasteiger partial charge in [-0.3, -0.25) is 9.80 Å². The predicted molar refractivity (Wildman–Crippen MR) is 116 cm³/mol. The van der Waals surface area contributed by atoms with E-state index in [1.54, 1.807) is 4.90 Å². The van der Waals surface area contributed by atoms with Crippen LogP contribution < -0.4 is 0 Å². The molecule has 1 atom stereocenters. The second kappa shape index (κ2) is 10.6. The lowest BCUT2D eigenvalue weighted by molar-refractivity contribution is -0.149. The minimum absolute atomic E-state index is 0.0882. The average Bonchev–Trinajstić information content (AvgIpc) is 3.33. The Morgan fingerprint density at radius 3 is 2.56 bits per heavy atom. The average molecular weight is 444 g/mol. The van der Waals surface area contributed by atoms with Crippen molar-refractivity contribution in [3.63, 3.8) is 0 Å². The van der Waals surface area contributed by atoms with Gasteiger partial charge in [0.15, 0.2) is 0 Å². The quantitative estimate of drug-likeness (QED) is 0.623. The van der Waals surface area contributed by atoms with Crippen molar-refractivity contribution in [1.82, 2.24) is 9.91 Å². The fourth-order valence-corrected chi connectivity index (χ4v) is 3.90. The molecule has 10 heteroatoms. The number of oxime groups is 1. The Kier molecular flexibility index (Phi) is 7.33. The molecule has 1 aromatic rings. The molecule has 2 fully saturated rings. The van der Waals surface area contributed by atoms with Gasteiger partial charge in [-0.25, -0.2) is 4.79 Å². The molecular weight excluding hydrogens is 416 g/mol. The summed E-state index contributed by atoms with van der Waals surface area (Å²) in [7, 11) is 0. The fraction of sp³-hybridized carbons (Fsp3) is 0.545. The Bertz CT molecular complexity index is 858. The zero-order chi connectivity index (χ0) is 22.3. The normalized spacial score (nSPS) is 22.1. The van der Waals surface area contributed by atoms with Crippen LogP contribution in [0.2, 0.25) is 0 Å². The number of nitrogens with zero attached hydrogens (tertiary/aromatic N) is 4. The molecule has 4 rings (SSSR count). The number of rotatable bonds is 7. The van der Waals surface area contributed by atoms with Crippen molar-refractivity contribution in [2.45, 2.75) is 31.5 Å². The number of carboxylic acid groups (broad SMARTS) is 1. The van der Waals surface area contributed by atoms with Gasteiger partial charge in [-0.1, -0.05) is 29.4 Å². The number of morpholine rings is 1. The smallest absolute Gasteiger partial charge is 0.329 e. The van der Waals surface area contributed by atoms with Gasteiger partial charge in [-0.15, -0.1) is 0 Å². The number of carbonyl (C=O) groups excluding carboxylic acids is 1. The molecule has 1 unspecified atom stereocenters. The monoisotopic (exact) mass is 444 g/mol. The second-order valence-corrected chi connectivity index (χ2v) is 8.00. The van der Waals surface area contributed by atoms with E-state index in [0.717, 1.165) is 29.9 Å². The van der Waals surface area contributed by atoms with Crippen molar-refractivity contribution in [3.05, 3.63) is 35.4 Å². The van der Waals surface area contributed by atoms with Gasteiger partial charge in [0.25, 0.3) is 5.91 Å². The third-order valence-electron chi connectivity index (χ3n) is 5.74. The first kappa shape index (κ1) is 22.2. The Hall–Kier alpha value is -2.98. The summed E-state index contributed by atoms with van der Waals surface area (Å²) in [5, 5.41) is 19.3. The van der Waals surface area contributed by atoms with Crippen LogP contribution in [0.5, 0.6) is 0 Å². The van der Waals surface area contributed by atoms with Crippen molar-refractivity contribution < 1.29 is 29.0 Å². The summed E-state index contributed by atoms with van der Waals surface area (Å²) in [5.74, 6) is -1.07. The summed E-state index contributed by atoms with van der Waals surface area (Å²) in [6.45, 7) is 3.74. The minimum Gasteiger partial charge on any atom is -0.480 e. The second-order valence-electron chi connectivity index (χ2n) is 8.00.